The van der Waals surface area contributed by atoms with Crippen molar-refractivity contribution < 1.29 is 130 Å². The van der Waals surface area contributed by atoms with Crippen molar-refractivity contribution >= 4 is 23.7 Å². The fraction of sp³-hybridized carbons (Fsp3) is 0.440. The maximum absolute atomic E-state index is 14.9. The summed E-state index contributed by atoms with van der Waals surface area (Å²) in [6, 6.07) is 10.7. The number of ether oxygens (including phenoxy) is 5. The number of phenolic OH excluding ortho intramolecular Hbond substituents is 2. The number of aromatic hydroxyl groups is 2. The van der Waals surface area contributed by atoms with E-state index in [4.69, 9.17) is 23.7 Å². The molecule has 2 aromatic rings. The Morgan fingerprint density at radius 3 is 1.67 bits per heavy atom. The third-order valence-electron chi connectivity index (χ3n) is 13.8. The highest BCUT2D eigenvalue weighted by molar-refractivity contribution is 6.10. The summed E-state index contributed by atoms with van der Waals surface area (Å²) in [6.07, 6.45) is -29.0. The molecule has 3 aliphatic heterocycles. The van der Waals surface area contributed by atoms with Gasteiger partial charge in [0.1, 0.15) is 102 Å². The van der Waals surface area contributed by atoms with Crippen LogP contribution in [0.15, 0.2) is 119 Å². The number of benzene rings is 2. The van der Waals surface area contributed by atoms with Crippen molar-refractivity contribution in [2.75, 3.05) is 19.8 Å². The lowest BCUT2D eigenvalue weighted by atomic mass is 9.64. The van der Waals surface area contributed by atoms with Crippen LogP contribution in [-0.4, -0.2) is 232 Å². The Bertz CT molecular complexity index is 2680. The van der Waals surface area contributed by atoms with Gasteiger partial charge in [-0.05, 0) is 52.6 Å². The van der Waals surface area contributed by atoms with Crippen LogP contribution in [0.2, 0.25) is 0 Å². The molecule has 2 aromatic carbocycles. The highest BCUT2D eigenvalue weighted by Crippen LogP contribution is 2.55. The van der Waals surface area contributed by atoms with E-state index in [1.165, 1.54) is 60.7 Å². The van der Waals surface area contributed by atoms with Crippen LogP contribution in [0.5, 0.6) is 11.5 Å². The number of carbonyl (C=O) groups is 2. The third kappa shape index (κ3) is 10.6. The number of allylic oxidation sites excluding steroid dienone is 4. The minimum atomic E-state index is -3.75. The predicted octanol–water partition coefficient (Wildman–Crippen LogP) is -4.94. The molecule has 1 saturated carbocycles. The fourth-order valence-electron chi connectivity index (χ4n) is 9.42. The van der Waals surface area contributed by atoms with Crippen molar-refractivity contribution in [1.29, 1.82) is 0 Å². The number of hydrogen-bond acceptors (Lipinski definition) is 26. The van der Waals surface area contributed by atoms with Crippen LogP contribution in [-0.2, 0) is 33.3 Å². The van der Waals surface area contributed by atoms with E-state index in [0.717, 1.165) is 12.2 Å². The van der Waals surface area contributed by atoms with Gasteiger partial charge in [0.15, 0.2) is 18.3 Å². The van der Waals surface area contributed by atoms with Gasteiger partial charge in [-0.15, -0.1) is 0 Å². The maximum atomic E-state index is 14.9. The number of hydrogen-bond donors (Lipinski definition) is 19. The standard InChI is InChI=1S/C50H58O26/c1-18(3-4-20-5-10-22(52)11-6-20)28-36(59)32-31(42(39(62)33(56)25(55)15-51)76-46(32)50(71,43(28)65)73-17-27-35(58)38(61)41(64)48(69)75-27)30-19(2)29(24(54)14-9-21-7-12-23(53)13-8-21)44(66)49(70,45(30)67)72-16-26-34(57)37(60)40(63)47(68)74-26/h3-14,25-27,30-31,33-35,37-42,45,47-48,51-64,67-71H,1-2,15-17H2/b4-3+,14-9+,29-24+/t25-,26-,27+,30+,31+,33+,34-,35+,37+,38-,39+,40-,41+,42-,45+,47-,48+,49-,50+/m0/s1. The zero-order valence-electron chi connectivity index (χ0n) is 39.6. The monoisotopic (exact) mass is 1070 g/mol. The molecule has 5 aliphatic rings. The number of phenols is 2. The summed E-state index contributed by atoms with van der Waals surface area (Å²) in [6.45, 7) is 4.02. The van der Waals surface area contributed by atoms with Gasteiger partial charge < -0.3 is 121 Å². The van der Waals surface area contributed by atoms with E-state index in [1.807, 2.05) is 0 Å². The van der Waals surface area contributed by atoms with Crippen LogP contribution in [0.1, 0.15) is 11.1 Å². The average Bonchev–Trinajstić information content (AvgIpc) is 3.93. The summed E-state index contributed by atoms with van der Waals surface area (Å²) in [7, 11) is 0. The average molecular weight is 1070 g/mol. The smallest absolute Gasteiger partial charge is 0.292 e. The van der Waals surface area contributed by atoms with Crippen LogP contribution in [0.4, 0.5) is 0 Å². The molecule has 2 aliphatic carbocycles. The summed E-state index contributed by atoms with van der Waals surface area (Å²) >= 11 is 0. The fourth-order valence-corrected chi connectivity index (χ4v) is 9.42. The Morgan fingerprint density at radius 1 is 0.684 bits per heavy atom. The van der Waals surface area contributed by atoms with Crippen LogP contribution < -0.4 is 0 Å². The molecule has 7 rings (SSSR count). The molecule has 2 saturated heterocycles. The highest BCUT2D eigenvalue weighted by atomic mass is 16.7. The molecule has 19 N–H and O–H groups in total. The quantitative estimate of drug-likeness (QED) is 0.0324. The molecule has 0 radical (unpaired) electrons. The van der Waals surface area contributed by atoms with Gasteiger partial charge in [0.05, 0.1) is 31.0 Å². The summed E-state index contributed by atoms with van der Waals surface area (Å²) in [5.74, 6) is -19.2. The first-order valence-electron chi connectivity index (χ1n) is 23.2. The SMILES string of the molecule is C=C(/C=C/c1ccc(O)cc1)C1=C(O)C2=C(O[C@H]([C@H](O)[C@H](O)[C@@H](O)CO)[C@@H]2[C@H]2C(=C)/C(=C(O)/C=C/c3ccc(O)cc3)C(=O)[C@](O)(OC[C@@H]3O[C@H](O)[C@@H](O)[C@H](O)[C@H]3O)[C@@H]2O)[C@](O)(OC[C@H]2O[C@@H](O)[C@H](O)[C@@H](O)[C@@H]2O)C1=O. The van der Waals surface area contributed by atoms with E-state index in [2.05, 4.69) is 13.2 Å². The number of aliphatic hydroxyl groups is 17. The third-order valence-corrected chi connectivity index (χ3v) is 13.8. The molecular formula is C50H58O26. The number of ketones is 2. The topological polar surface area (TPSA) is 465 Å². The first-order chi connectivity index (χ1) is 35.7. The van der Waals surface area contributed by atoms with Crippen molar-refractivity contribution in [3.8, 4) is 11.5 Å². The van der Waals surface area contributed by atoms with E-state index in [-0.39, 0.29) is 17.1 Å². The van der Waals surface area contributed by atoms with E-state index < -0.39 is 192 Å². The second kappa shape index (κ2) is 22.7. The highest BCUT2D eigenvalue weighted by Gasteiger charge is 2.66. The van der Waals surface area contributed by atoms with Gasteiger partial charge in [0.25, 0.3) is 11.6 Å². The summed E-state index contributed by atoms with van der Waals surface area (Å²) in [5.41, 5.74) is -3.47. The van der Waals surface area contributed by atoms with E-state index in [0.29, 0.717) is 5.56 Å². The molecule has 26 heteroatoms. The maximum Gasteiger partial charge on any atom is 0.292 e. The van der Waals surface area contributed by atoms with Crippen LogP contribution >= 0.6 is 0 Å². The van der Waals surface area contributed by atoms with Gasteiger partial charge in [-0.25, -0.2) is 0 Å². The first kappa shape index (κ1) is 57.9. The minimum Gasteiger partial charge on any atom is -0.508 e. The predicted molar refractivity (Wildman–Crippen MR) is 251 cm³/mol. The molecule has 76 heavy (non-hydrogen) atoms. The zero-order valence-corrected chi connectivity index (χ0v) is 39.6. The Hall–Kier alpha value is -5.80. The van der Waals surface area contributed by atoms with Gasteiger partial charge >= 0.3 is 0 Å². The van der Waals surface area contributed by atoms with E-state index in [1.54, 1.807) is 0 Å². The Morgan fingerprint density at radius 2 is 1.17 bits per heavy atom. The molecule has 19 atom stereocenters. The number of aliphatic hydroxyl groups excluding tert-OH is 15. The van der Waals surface area contributed by atoms with Crippen LogP contribution in [0, 0.1) is 11.8 Å². The van der Waals surface area contributed by atoms with Gasteiger partial charge in [0.2, 0.25) is 11.6 Å². The number of carbonyl (C=O) groups excluding carboxylic acids is 2. The zero-order chi connectivity index (χ0) is 56.0. The Kier molecular flexibility index (Phi) is 17.3. The van der Waals surface area contributed by atoms with Crippen LogP contribution in [0.25, 0.3) is 12.2 Å². The largest absolute Gasteiger partial charge is 0.508 e. The molecular weight excluding hydrogens is 1020 g/mol. The molecule has 26 nitrogen and oxygen atoms in total. The van der Waals surface area contributed by atoms with Gasteiger partial charge in [0, 0.05) is 17.4 Å². The molecule has 0 spiro atoms. The van der Waals surface area contributed by atoms with Crippen molar-refractivity contribution in [2.45, 2.75) is 104 Å². The molecule has 0 amide bonds. The summed E-state index contributed by atoms with van der Waals surface area (Å²) in [5, 5.41) is 208. The molecule has 3 heterocycles. The lowest BCUT2D eigenvalue weighted by Crippen LogP contribution is -2.64. The van der Waals surface area contributed by atoms with Gasteiger partial charge in [-0.1, -0.05) is 55.7 Å². The van der Waals surface area contributed by atoms with Crippen molar-refractivity contribution in [2.24, 2.45) is 11.8 Å². The first-order valence-corrected chi connectivity index (χ1v) is 23.2. The van der Waals surface area contributed by atoms with Crippen molar-refractivity contribution in [3.05, 3.63) is 130 Å². The Balaban J connectivity index is 1.45. The van der Waals surface area contributed by atoms with Crippen molar-refractivity contribution in [1.82, 2.24) is 0 Å². The lowest BCUT2D eigenvalue weighted by Gasteiger charge is -2.47. The lowest BCUT2D eigenvalue weighted by molar-refractivity contribution is -0.311. The number of rotatable bonds is 16. The Labute approximate surface area is 429 Å². The van der Waals surface area contributed by atoms with Gasteiger partial charge in [-0.2, -0.15) is 0 Å². The number of Topliss-reactive ketones (excluding diaryl/α,β-unsaturated/α-hetero) is 2. The summed E-state index contributed by atoms with van der Waals surface area (Å²) in [4.78, 5) is 29.5. The summed E-state index contributed by atoms with van der Waals surface area (Å²) < 4.78 is 27.6. The van der Waals surface area contributed by atoms with E-state index >= 15 is 0 Å². The second-order valence-corrected chi connectivity index (χ2v) is 18.6. The molecule has 0 bridgehead atoms. The molecule has 414 valence electrons. The van der Waals surface area contributed by atoms with E-state index in [9.17, 15) is 107 Å². The molecule has 0 unspecified atom stereocenters. The normalized spacial score (nSPS) is 37.1. The van der Waals surface area contributed by atoms with Gasteiger partial charge in [-0.3, -0.25) is 9.59 Å². The molecule has 0 aromatic heterocycles. The van der Waals surface area contributed by atoms with Crippen LogP contribution in [0.3, 0.4) is 0 Å². The minimum absolute atomic E-state index is 0.134. The second-order valence-electron chi connectivity index (χ2n) is 18.6. The van der Waals surface area contributed by atoms with Crippen molar-refractivity contribution in [3.63, 3.8) is 0 Å². The molecule has 3 fully saturated rings.